The largest absolute Gasteiger partial charge is 0.492 e. The Morgan fingerprint density at radius 2 is 2.05 bits per heavy atom. The highest BCUT2D eigenvalue weighted by Crippen LogP contribution is 2.26. The van der Waals surface area contributed by atoms with Crippen molar-refractivity contribution in [2.45, 2.75) is 19.9 Å². The first-order chi connectivity index (χ1) is 9.77. The standard InChI is InChI=1S/C15H24BrNO3/c1-3-19-8-4-9-20-15-6-5-13(11-14(15)16)12-17-7-10-18-2/h5-6,11,17H,3-4,7-10,12H2,1-2H3. The Hall–Kier alpha value is -0.620. The van der Waals surface area contributed by atoms with Gasteiger partial charge in [-0.15, -0.1) is 0 Å². The predicted molar refractivity (Wildman–Crippen MR) is 84.3 cm³/mol. The molecule has 1 aromatic rings. The summed E-state index contributed by atoms with van der Waals surface area (Å²) in [4.78, 5) is 0. The van der Waals surface area contributed by atoms with Crippen molar-refractivity contribution in [3.05, 3.63) is 28.2 Å². The van der Waals surface area contributed by atoms with Crippen molar-refractivity contribution >= 4 is 15.9 Å². The molecule has 0 radical (unpaired) electrons. The van der Waals surface area contributed by atoms with E-state index >= 15 is 0 Å². The van der Waals surface area contributed by atoms with Crippen LogP contribution in [0.5, 0.6) is 5.75 Å². The SMILES string of the molecule is CCOCCCOc1ccc(CNCCOC)cc1Br. The van der Waals surface area contributed by atoms with Gasteiger partial charge in [-0.25, -0.2) is 0 Å². The molecule has 0 aromatic heterocycles. The van der Waals surface area contributed by atoms with Gasteiger partial charge in [0.2, 0.25) is 0 Å². The number of nitrogens with one attached hydrogen (secondary N) is 1. The molecule has 0 bridgehead atoms. The van der Waals surface area contributed by atoms with Crippen molar-refractivity contribution in [2.75, 3.05) is 40.1 Å². The molecule has 0 aliphatic rings. The molecule has 0 spiro atoms. The van der Waals surface area contributed by atoms with Crippen LogP contribution in [0.25, 0.3) is 0 Å². The minimum absolute atomic E-state index is 0.671. The molecule has 0 aliphatic heterocycles. The number of benzene rings is 1. The van der Waals surface area contributed by atoms with Crippen LogP contribution in [-0.2, 0) is 16.0 Å². The van der Waals surface area contributed by atoms with Crippen molar-refractivity contribution < 1.29 is 14.2 Å². The molecule has 114 valence electrons. The second-order valence-corrected chi connectivity index (χ2v) is 5.19. The molecule has 0 fully saturated rings. The van der Waals surface area contributed by atoms with Gasteiger partial charge in [0.05, 0.1) is 17.7 Å². The van der Waals surface area contributed by atoms with Gasteiger partial charge in [-0.05, 0) is 40.5 Å². The van der Waals surface area contributed by atoms with Crippen LogP contribution in [0.1, 0.15) is 18.9 Å². The van der Waals surface area contributed by atoms with Crippen LogP contribution in [0, 0.1) is 0 Å². The van der Waals surface area contributed by atoms with E-state index < -0.39 is 0 Å². The summed E-state index contributed by atoms with van der Waals surface area (Å²) in [5, 5.41) is 3.31. The summed E-state index contributed by atoms with van der Waals surface area (Å²) in [6, 6.07) is 6.15. The lowest BCUT2D eigenvalue weighted by Crippen LogP contribution is -2.18. The molecule has 4 nitrogen and oxygen atoms in total. The normalized spacial score (nSPS) is 10.8. The van der Waals surface area contributed by atoms with Gasteiger partial charge in [0.25, 0.3) is 0 Å². The average Bonchev–Trinajstić information content (AvgIpc) is 2.45. The van der Waals surface area contributed by atoms with Crippen molar-refractivity contribution in [1.82, 2.24) is 5.32 Å². The highest BCUT2D eigenvalue weighted by Gasteiger charge is 2.02. The van der Waals surface area contributed by atoms with Crippen LogP contribution in [0.4, 0.5) is 0 Å². The van der Waals surface area contributed by atoms with Crippen LogP contribution in [-0.4, -0.2) is 40.1 Å². The topological polar surface area (TPSA) is 39.7 Å². The molecule has 1 rings (SSSR count). The second-order valence-electron chi connectivity index (χ2n) is 4.33. The summed E-state index contributed by atoms with van der Waals surface area (Å²) in [7, 11) is 1.70. The molecular weight excluding hydrogens is 322 g/mol. The van der Waals surface area contributed by atoms with Gasteiger partial charge in [0.1, 0.15) is 5.75 Å². The van der Waals surface area contributed by atoms with Gasteiger partial charge in [-0.3, -0.25) is 0 Å². The van der Waals surface area contributed by atoms with Crippen LogP contribution < -0.4 is 10.1 Å². The average molecular weight is 346 g/mol. The fraction of sp³-hybridized carbons (Fsp3) is 0.600. The molecular formula is C15H24BrNO3. The summed E-state index contributed by atoms with van der Waals surface area (Å²) < 4.78 is 17.0. The van der Waals surface area contributed by atoms with Crippen LogP contribution in [0.3, 0.4) is 0 Å². The first kappa shape index (κ1) is 17.4. The molecule has 20 heavy (non-hydrogen) atoms. The van der Waals surface area contributed by atoms with E-state index in [-0.39, 0.29) is 0 Å². The lowest BCUT2D eigenvalue weighted by atomic mass is 10.2. The molecule has 0 heterocycles. The van der Waals surface area contributed by atoms with E-state index in [1.54, 1.807) is 7.11 Å². The fourth-order valence-electron chi connectivity index (χ4n) is 1.67. The number of hydrogen-bond donors (Lipinski definition) is 1. The maximum atomic E-state index is 5.71. The third-order valence-corrected chi connectivity index (χ3v) is 3.32. The van der Waals surface area contributed by atoms with E-state index in [9.17, 15) is 0 Å². The molecule has 0 atom stereocenters. The summed E-state index contributed by atoms with van der Waals surface area (Å²) in [5.41, 5.74) is 1.22. The maximum absolute atomic E-state index is 5.71. The van der Waals surface area contributed by atoms with Gasteiger partial charge in [-0.1, -0.05) is 6.07 Å². The van der Waals surface area contributed by atoms with Gasteiger partial charge in [0, 0.05) is 39.8 Å². The molecule has 0 aliphatic carbocycles. The van der Waals surface area contributed by atoms with Crippen LogP contribution in [0.15, 0.2) is 22.7 Å². The Morgan fingerprint density at radius 3 is 2.75 bits per heavy atom. The van der Waals surface area contributed by atoms with E-state index in [4.69, 9.17) is 14.2 Å². The van der Waals surface area contributed by atoms with Crippen LogP contribution >= 0.6 is 15.9 Å². The minimum atomic E-state index is 0.671. The molecule has 0 amide bonds. The molecule has 0 saturated carbocycles. The molecule has 1 N–H and O–H groups in total. The first-order valence-corrected chi connectivity index (χ1v) is 7.75. The van der Waals surface area contributed by atoms with E-state index in [0.29, 0.717) is 6.61 Å². The van der Waals surface area contributed by atoms with Crippen molar-refractivity contribution in [3.8, 4) is 5.75 Å². The maximum Gasteiger partial charge on any atom is 0.133 e. The van der Waals surface area contributed by atoms with Gasteiger partial charge >= 0.3 is 0 Å². The number of methoxy groups -OCH3 is 1. The number of halogens is 1. The molecule has 5 heteroatoms. The third kappa shape index (κ3) is 7.24. The number of hydrogen-bond acceptors (Lipinski definition) is 4. The fourth-order valence-corrected chi connectivity index (χ4v) is 2.21. The number of ether oxygens (including phenoxy) is 3. The number of rotatable bonds is 11. The Labute approximate surface area is 129 Å². The third-order valence-electron chi connectivity index (χ3n) is 2.70. The minimum Gasteiger partial charge on any atom is -0.492 e. The Balaban J connectivity index is 2.31. The highest BCUT2D eigenvalue weighted by atomic mass is 79.9. The zero-order valence-electron chi connectivity index (χ0n) is 12.3. The van der Waals surface area contributed by atoms with E-state index in [1.807, 2.05) is 13.0 Å². The van der Waals surface area contributed by atoms with E-state index in [1.165, 1.54) is 5.56 Å². The Morgan fingerprint density at radius 1 is 1.20 bits per heavy atom. The van der Waals surface area contributed by atoms with Crippen molar-refractivity contribution in [1.29, 1.82) is 0 Å². The zero-order valence-corrected chi connectivity index (χ0v) is 13.9. The summed E-state index contributed by atoms with van der Waals surface area (Å²) in [6.07, 6.45) is 0.903. The van der Waals surface area contributed by atoms with E-state index in [2.05, 4.69) is 33.4 Å². The summed E-state index contributed by atoms with van der Waals surface area (Å²) >= 11 is 3.54. The predicted octanol–water partition coefficient (Wildman–Crippen LogP) is 2.99. The summed E-state index contributed by atoms with van der Waals surface area (Å²) in [6.45, 7) is 6.57. The molecule has 0 unspecified atom stereocenters. The lowest BCUT2D eigenvalue weighted by Gasteiger charge is -2.10. The van der Waals surface area contributed by atoms with Gasteiger partial charge < -0.3 is 19.5 Å². The lowest BCUT2D eigenvalue weighted by molar-refractivity contribution is 0.130. The molecule has 1 aromatic carbocycles. The second kappa shape index (κ2) is 11.1. The van der Waals surface area contributed by atoms with Crippen LogP contribution in [0.2, 0.25) is 0 Å². The zero-order chi connectivity index (χ0) is 14.6. The quantitative estimate of drug-likeness (QED) is 0.626. The first-order valence-electron chi connectivity index (χ1n) is 6.96. The smallest absolute Gasteiger partial charge is 0.133 e. The van der Waals surface area contributed by atoms with Crippen molar-refractivity contribution in [3.63, 3.8) is 0 Å². The van der Waals surface area contributed by atoms with E-state index in [0.717, 1.165) is 49.6 Å². The monoisotopic (exact) mass is 345 g/mol. The van der Waals surface area contributed by atoms with Gasteiger partial charge in [0.15, 0.2) is 0 Å². The Bertz CT molecular complexity index is 374. The Kier molecular flexibility index (Phi) is 9.66. The molecule has 0 saturated heterocycles. The van der Waals surface area contributed by atoms with Gasteiger partial charge in [-0.2, -0.15) is 0 Å². The van der Waals surface area contributed by atoms with Crippen molar-refractivity contribution in [2.24, 2.45) is 0 Å². The highest BCUT2D eigenvalue weighted by molar-refractivity contribution is 9.10. The summed E-state index contributed by atoms with van der Waals surface area (Å²) in [5.74, 6) is 0.877.